The summed E-state index contributed by atoms with van der Waals surface area (Å²) in [4.78, 5) is 41.4. The Balaban J connectivity index is 1.59. The molecule has 29 heavy (non-hydrogen) atoms. The largest absolute Gasteiger partial charge is 0.350 e. The monoisotopic (exact) mass is 395 g/mol. The van der Waals surface area contributed by atoms with E-state index in [1.54, 1.807) is 0 Å². The highest BCUT2D eigenvalue weighted by Crippen LogP contribution is 2.32. The van der Waals surface area contributed by atoms with Crippen LogP contribution >= 0.6 is 0 Å². The van der Waals surface area contributed by atoms with E-state index in [0.717, 1.165) is 23.6 Å². The number of nitrogens with zero attached hydrogens (tertiary/aromatic N) is 2. The van der Waals surface area contributed by atoms with Crippen LogP contribution in [0, 0.1) is 12.7 Å². The summed E-state index contributed by atoms with van der Waals surface area (Å²) >= 11 is 0. The Morgan fingerprint density at radius 2 is 2.00 bits per heavy atom. The Labute approximate surface area is 168 Å². The highest BCUT2D eigenvalue weighted by Gasteiger charge is 2.42. The molecule has 150 valence electrons. The molecule has 3 amide bonds. The number of halogens is 1. The molecular weight excluding hydrogens is 373 g/mol. The van der Waals surface area contributed by atoms with Gasteiger partial charge in [-0.3, -0.25) is 14.4 Å². The quantitative estimate of drug-likeness (QED) is 0.864. The van der Waals surface area contributed by atoms with E-state index in [9.17, 15) is 18.8 Å². The number of anilines is 1. The predicted octanol–water partition coefficient (Wildman–Crippen LogP) is 2.40. The first kappa shape index (κ1) is 19.1. The van der Waals surface area contributed by atoms with E-state index in [1.165, 1.54) is 21.9 Å². The first-order valence-electron chi connectivity index (χ1n) is 9.69. The van der Waals surface area contributed by atoms with Crippen LogP contribution in [0.4, 0.5) is 10.1 Å². The summed E-state index contributed by atoms with van der Waals surface area (Å²) in [7, 11) is 0. The van der Waals surface area contributed by atoms with Crippen LogP contribution < -0.4 is 10.2 Å². The van der Waals surface area contributed by atoms with Gasteiger partial charge in [0.05, 0.1) is 11.3 Å². The van der Waals surface area contributed by atoms with Gasteiger partial charge < -0.3 is 15.1 Å². The number of carbonyl (C=O) groups is 3. The second-order valence-corrected chi connectivity index (χ2v) is 7.45. The van der Waals surface area contributed by atoms with E-state index in [0.29, 0.717) is 19.5 Å². The molecule has 0 aliphatic carbocycles. The molecule has 7 heteroatoms. The molecule has 0 saturated carbocycles. The maximum absolute atomic E-state index is 13.9. The van der Waals surface area contributed by atoms with Gasteiger partial charge in [0.1, 0.15) is 18.4 Å². The molecule has 1 fully saturated rings. The molecule has 2 aromatic rings. The molecule has 6 nitrogen and oxygen atoms in total. The summed E-state index contributed by atoms with van der Waals surface area (Å²) in [5, 5.41) is 2.82. The highest BCUT2D eigenvalue weighted by atomic mass is 19.1. The van der Waals surface area contributed by atoms with Crippen LogP contribution in [0.15, 0.2) is 42.5 Å². The predicted molar refractivity (Wildman–Crippen MR) is 106 cm³/mol. The van der Waals surface area contributed by atoms with Crippen LogP contribution in [0.5, 0.6) is 0 Å². The van der Waals surface area contributed by atoms with Crippen molar-refractivity contribution in [2.24, 2.45) is 0 Å². The van der Waals surface area contributed by atoms with Crippen molar-refractivity contribution < 1.29 is 18.8 Å². The van der Waals surface area contributed by atoms with E-state index in [4.69, 9.17) is 0 Å². The van der Waals surface area contributed by atoms with Gasteiger partial charge in [-0.25, -0.2) is 4.39 Å². The summed E-state index contributed by atoms with van der Waals surface area (Å²) < 4.78 is 13.9. The minimum Gasteiger partial charge on any atom is -0.350 e. The standard InChI is InChI=1S/C22H22FN3O3/c1-14-5-2-3-6-15(14)12-24-20(27)13-26-19-11-16(23)8-9-17(19)21(28)25-10-4-7-18(25)22(26)29/h2-3,5-6,8-9,11,18H,4,7,10,12-13H2,1H3,(H,24,27)/t18-/m1/s1. The summed E-state index contributed by atoms with van der Waals surface area (Å²) in [5.41, 5.74) is 2.43. The lowest BCUT2D eigenvalue weighted by Crippen LogP contribution is -2.48. The molecule has 2 aliphatic rings. The highest BCUT2D eigenvalue weighted by molar-refractivity contribution is 6.12. The average Bonchev–Trinajstić information content (AvgIpc) is 3.18. The Morgan fingerprint density at radius 3 is 2.79 bits per heavy atom. The Hall–Kier alpha value is -3.22. The van der Waals surface area contributed by atoms with Gasteiger partial charge in [0.2, 0.25) is 11.8 Å². The van der Waals surface area contributed by atoms with E-state index >= 15 is 0 Å². The van der Waals surface area contributed by atoms with Crippen molar-refractivity contribution in [3.8, 4) is 0 Å². The van der Waals surface area contributed by atoms with Crippen LogP contribution in [0.3, 0.4) is 0 Å². The minimum absolute atomic E-state index is 0.153. The zero-order valence-corrected chi connectivity index (χ0v) is 16.2. The molecule has 0 bridgehead atoms. The van der Waals surface area contributed by atoms with E-state index in [2.05, 4.69) is 5.32 Å². The third-order valence-corrected chi connectivity index (χ3v) is 5.58. The second kappa shape index (κ2) is 7.66. The van der Waals surface area contributed by atoms with Gasteiger partial charge >= 0.3 is 0 Å². The van der Waals surface area contributed by atoms with Gasteiger partial charge in [-0.1, -0.05) is 24.3 Å². The van der Waals surface area contributed by atoms with Gasteiger partial charge in [0.15, 0.2) is 0 Å². The fourth-order valence-corrected chi connectivity index (χ4v) is 3.99. The zero-order chi connectivity index (χ0) is 20.5. The molecule has 1 N–H and O–H groups in total. The number of benzene rings is 2. The van der Waals surface area contributed by atoms with Crippen LogP contribution in [-0.4, -0.2) is 41.8 Å². The molecule has 0 radical (unpaired) electrons. The minimum atomic E-state index is -0.609. The first-order valence-corrected chi connectivity index (χ1v) is 9.69. The number of amides is 3. The Bertz CT molecular complexity index is 991. The van der Waals surface area contributed by atoms with Gasteiger partial charge in [-0.05, 0) is 49.1 Å². The summed E-state index contributed by atoms with van der Waals surface area (Å²) in [6, 6.07) is 10.8. The normalized spacial score (nSPS) is 18.3. The van der Waals surface area contributed by atoms with Gasteiger partial charge in [0.25, 0.3) is 5.91 Å². The topological polar surface area (TPSA) is 69.7 Å². The van der Waals surface area contributed by atoms with Gasteiger partial charge in [0, 0.05) is 13.1 Å². The number of hydrogen-bond acceptors (Lipinski definition) is 3. The molecule has 2 heterocycles. The number of fused-ring (bicyclic) bond motifs is 2. The maximum Gasteiger partial charge on any atom is 0.256 e. The SMILES string of the molecule is Cc1ccccc1CNC(=O)CN1C(=O)[C@H]2CCCN2C(=O)c2ccc(F)cc21. The van der Waals surface area contributed by atoms with Crippen molar-refractivity contribution in [1.29, 1.82) is 0 Å². The lowest BCUT2D eigenvalue weighted by atomic mass is 10.1. The Morgan fingerprint density at radius 1 is 1.21 bits per heavy atom. The average molecular weight is 395 g/mol. The van der Waals surface area contributed by atoms with Gasteiger partial charge in [-0.15, -0.1) is 0 Å². The number of rotatable bonds is 4. The smallest absolute Gasteiger partial charge is 0.256 e. The molecule has 2 aliphatic heterocycles. The fourth-order valence-electron chi connectivity index (χ4n) is 3.99. The summed E-state index contributed by atoms with van der Waals surface area (Å²) in [6.07, 6.45) is 1.27. The molecule has 4 rings (SSSR count). The third kappa shape index (κ3) is 3.60. The van der Waals surface area contributed by atoms with Crippen molar-refractivity contribution in [3.05, 3.63) is 65.0 Å². The zero-order valence-electron chi connectivity index (χ0n) is 16.2. The van der Waals surface area contributed by atoms with Crippen molar-refractivity contribution in [3.63, 3.8) is 0 Å². The number of carbonyl (C=O) groups excluding carboxylic acids is 3. The molecular formula is C22H22FN3O3. The van der Waals surface area contributed by atoms with Crippen LogP contribution in [0.2, 0.25) is 0 Å². The molecule has 1 saturated heterocycles. The van der Waals surface area contributed by atoms with Crippen LogP contribution in [0.1, 0.15) is 34.3 Å². The lowest BCUT2D eigenvalue weighted by Gasteiger charge is -2.25. The number of hydrogen-bond donors (Lipinski definition) is 1. The van der Waals surface area contributed by atoms with Crippen molar-refractivity contribution in [2.75, 3.05) is 18.0 Å². The van der Waals surface area contributed by atoms with Crippen molar-refractivity contribution in [1.82, 2.24) is 10.2 Å². The molecule has 0 spiro atoms. The molecule has 0 aromatic heterocycles. The van der Waals surface area contributed by atoms with E-state index < -0.39 is 11.9 Å². The van der Waals surface area contributed by atoms with E-state index in [1.807, 2.05) is 31.2 Å². The summed E-state index contributed by atoms with van der Waals surface area (Å²) in [6.45, 7) is 2.51. The Kier molecular flexibility index (Phi) is 5.05. The fraction of sp³-hybridized carbons (Fsp3) is 0.318. The second-order valence-electron chi connectivity index (χ2n) is 7.45. The first-order chi connectivity index (χ1) is 14.0. The molecule has 2 aromatic carbocycles. The van der Waals surface area contributed by atoms with Crippen molar-refractivity contribution in [2.45, 2.75) is 32.4 Å². The van der Waals surface area contributed by atoms with Crippen LogP contribution in [-0.2, 0) is 16.1 Å². The van der Waals surface area contributed by atoms with Crippen LogP contribution in [0.25, 0.3) is 0 Å². The maximum atomic E-state index is 13.9. The van der Waals surface area contributed by atoms with E-state index in [-0.39, 0.29) is 35.5 Å². The lowest BCUT2D eigenvalue weighted by molar-refractivity contribution is -0.125. The van der Waals surface area contributed by atoms with Gasteiger partial charge in [-0.2, -0.15) is 0 Å². The third-order valence-electron chi connectivity index (χ3n) is 5.58. The summed E-state index contributed by atoms with van der Waals surface area (Å²) in [5.74, 6) is -1.56. The van der Waals surface area contributed by atoms with Crippen molar-refractivity contribution >= 4 is 23.4 Å². The number of nitrogens with one attached hydrogen (secondary N) is 1. The number of aryl methyl sites for hydroxylation is 1. The molecule has 0 unspecified atom stereocenters. The molecule has 1 atom stereocenters.